The van der Waals surface area contributed by atoms with Crippen LogP contribution in [0.3, 0.4) is 0 Å². The number of hydrogen-bond acceptors (Lipinski definition) is 4. The van der Waals surface area contributed by atoms with Gasteiger partial charge in [0.05, 0.1) is 12.2 Å². The predicted molar refractivity (Wildman–Crippen MR) is 68.3 cm³/mol. The molecule has 19 heavy (non-hydrogen) atoms. The second-order valence-electron chi connectivity index (χ2n) is 4.07. The molecule has 100 valence electrons. The molecule has 1 amide bonds. The van der Waals surface area contributed by atoms with Crippen LogP contribution in [-0.2, 0) is 0 Å². The van der Waals surface area contributed by atoms with Gasteiger partial charge in [-0.1, -0.05) is 0 Å². The first-order valence-corrected chi connectivity index (χ1v) is 6.26. The van der Waals surface area contributed by atoms with E-state index < -0.39 is 18.4 Å². The van der Waals surface area contributed by atoms with Gasteiger partial charge in [0.1, 0.15) is 4.88 Å². The Balaban J connectivity index is 2.07. The van der Waals surface area contributed by atoms with Gasteiger partial charge in [-0.3, -0.25) is 9.78 Å². The van der Waals surface area contributed by atoms with Crippen molar-refractivity contribution in [1.82, 2.24) is 14.7 Å². The van der Waals surface area contributed by atoms with Crippen LogP contribution in [-0.4, -0.2) is 27.7 Å². The first-order valence-electron chi connectivity index (χ1n) is 5.49. The number of pyridine rings is 1. The van der Waals surface area contributed by atoms with E-state index in [9.17, 15) is 13.6 Å². The zero-order valence-electron chi connectivity index (χ0n) is 10.1. The Morgan fingerprint density at radius 1 is 1.53 bits per heavy atom. The van der Waals surface area contributed by atoms with Crippen LogP contribution in [0.25, 0.3) is 11.3 Å². The fourth-order valence-electron chi connectivity index (χ4n) is 1.36. The van der Waals surface area contributed by atoms with E-state index in [1.54, 1.807) is 24.5 Å². The van der Waals surface area contributed by atoms with Gasteiger partial charge in [0.25, 0.3) is 11.8 Å². The van der Waals surface area contributed by atoms with Gasteiger partial charge < -0.3 is 5.32 Å². The molecule has 0 aliphatic carbocycles. The molecule has 0 fully saturated rings. The fraction of sp³-hybridized carbons (Fsp3) is 0.250. The number of hydrogen-bond donors (Lipinski definition) is 1. The molecular formula is C12H11F2N3OS. The molecule has 0 saturated carbocycles. The first-order chi connectivity index (χ1) is 8.96. The number of alkyl halides is 2. The van der Waals surface area contributed by atoms with Crippen LogP contribution in [0, 0.1) is 0 Å². The standard InChI is InChI=1S/C12H11F2N3OS/c1-12(13,14)7-16-11(18)10-5-9(17-19-10)8-3-2-4-15-6-8/h2-6H,7H2,1H3,(H,16,18). The lowest BCUT2D eigenvalue weighted by Gasteiger charge is -2.09. The van der Waals surface area contributed by atoms with E-state index in [1.165, 1.54) is 0 Å². The Bertz CT molecular complexity index is 566. The third kappa shape index (κ3) is 3.78. The number of amides is 1. The molecule has 1 N–H and O–H groups in total. The lowest BCUT2D eigenvalue weighted by atomic mass is 10.2. The summed E-state index contributed by atoms with van der Waals surface area (Å²) in [5, 5.41) is 2.17. The molecule has 0 unspecified atom stereocenters. The maximum absolute atomic E-state index is 12.6. The molecule has 2 aromatic heterocycles. The highest BCUT2D eigenvalue weighted by atomic mass is 32.1. The average molecular weight is 283 g/mol. The molecule has 2 rings (SSSR count). The molecule has 0 aliphatic rings. The number of nitrogens with one attached hydrogen (secondary N) is 1. The van der Waals surface area contributed by atoms with Gasteiger partial charge in [0, 0.05) is 24.9 Å². The molecule has 0 atom stereocenters. The van der Waals surface area contributed by atoms with Crippen LogP contribution in [0.5, 0.6) is 0 Å². The minimum atomic E-state index is -2.92. The fourth-order valence-corrected chi connectivity index (χ4v) is 2.03. The van der Waals surface area contributed by atoms with Gasteiger partial charge in [0.15, 0.2) is 0 Å². The van der Waals surface area contributed by atoms with Crippen molar-refractivity contribution in [1.29, 1.82) is 0 Å². The van der Waals surface area contributed by atoms with Gasteiger partial charge in [-0.15, -0.1) is 0 Å². The molecule has 2 aromatic rings. The third-order valence-electron chi connectivity index (χ3n) is 2.25. The van der Waals surface area contributed by atoms with Crippen molar-refractivity contribution < 1.29 is 13.6 Å². The van der Waals surface area contributed by atoms with Crippen molar-refractivity contribution in [3.8, 4) is 11.3 Å². The van der Waals surface area contributed by atoms with Crippen LogP contribution in [0.2, 0.25) is 0 Å². The molecule has 2 heterocycles. The summed E-state index contributed by atoms with van der Waals surface area (Å²) in [5.41, 5.74) is 1.38. The van der Waals surface area contributed by atoms with E-state index in [-0.39, 0.29) is 0 Å². The Hall–Kier alpha value is -1.89. The van der Waals surface area contributed by atoms with Gasteiger partial charge in [-0.25, -0.2) is 8.78 Å². The van der Waals surface area contributed by atoms with E-state index in [2.05, 4.69) is 14.7 Å². The Morgan fingerprint density at radius 2 is 2.32 bits per heavy atom. The Labute approximate surface area is 112 Å². The molecule has 0 aromatic carbocycles. The number of carbonyl (C=O) groups is 1. The van der Waals surface area contributed by atoms with Crippen LogP contribution >= 0.6 is 11.5 Å². The Morgan fingerprint density at radius 3 is 2.95 bits per heavy atom. The lowest BCUT2D eigenvalue weighted by molar-refractivity contribution is 0.0221. The summed E-state index contributed by atoms with van der Waals surface area (Å²) in [4.78, 5) is 15.9. The van der Waals surface area contributed by atoms with Crippen molar-refractivity contribution in [2.45, 2.75) is 12.8 Å². The molecular weight excluding hydrogens is 272 g/mol. The lowest BCUT2D eigenvalue weighted by Crippen LogP contribution is -2.34. The van der Waals surface area contributed by atoms with Crippen molar-refractivity contribution in [2.75, 3.05) is 6.54 Å². The molecule has 4 nitrogen and oxygen atoms in total. The van der Waals surface area contributed by atoms with E-state index in [0.717, 1.165) is 24.0 Å². The van der Waals surface area contributed by atoms with Crippen LogP contribution < -0.4 is 5.32 Å². The molecule has 0 bridgehead atoms. The van der Waals surface area contributed by atoms with Crippen molar-refractivity contribution in [3.05, 3.63) is 35.5 Å². The summed E-state index contributed by atoms with van der Waals surface area (Å²) >= 11 is 0.968. The summed E-state index contributed by atoms with van der Waals surface area (Å²) < 4.78 is 29.4. The second-order valence-corrected chi connectivity index (χ2v) is 4.88. The average Bonchev–Trinajstić information content (AvgIpc) is 2.86. The van der Waals surface area contributed by atoms with Crippen LogP contribution in [0.15, 0.2) is 30.6 Å². The molecule has 0 saturated heterocycles. The maximum atomic E-state index is 12.6. The summed E-state index contributed by atoms with van der Waals surface area (Å²) in [6, 6.07) is 5.13. The molecule has 0 aliphatic heterocycles. The van der Waals surface area contributed by atoms with Gasteiger partial charge in [-0.05, 0) is 29.7 Å². The number of carbonyl (C=O) groups excluding carboxylic acids is 1. The van der Waals surface area contributed by atoms with Crippen molar-refractivity contribution >= 4 is 17.4 Å². The summed E-state index contributed by atoms with van der Waals surface area (Å²) in [7, 11) is 0. The number of aromatic nitrogens is 2. The van der Waals surface area contributed by atoms with E-state index in [0.29, 0.717) is 10.6 Å². The van der Waals surface area contributed by atoms with Crippen LogP contribution in [0.4, 0.5) is 8.78 Å². The maximum Gasteiger partial charge on any atom is 0.263 e. The van der Waals surface area contributed by atoms with E-state index in [4.69, 9.17) is 0 Å². The van der Waals surface area contributed by atoms with Crippen LogP contribution in [0.1, 0.15) is 16.6 Å². The second kappa shape index (κ2) is 5.40. The van der Waals surface area contributed by atoms with E-state index >= 15 is 0 Å². The quantitative estimate of drug-likeness (QED) is 0.938. The highest BCUT2D eigenvalue weighted by molar-refractivity contribution is 7.08. The monoisotopic (exact) mass is 283 g/mol. The third-order valence-corrected chi connectivity index (χ3v) is 3.04. The first kappa shape index (κ1) is 13.5. The van der Waals surface area contributed by atoms with Gasteiger partial charge in [-0.2, -0.15) is 4.37 Å². The van der Waals surface area contributed by atoms with Gasteiger partial charge in [0.2, 0.25) is 0 Å². The normalized spacial score (nSPS) is 11.3. The zero-order valence-corrected chi connectivity index (χ0v) is 10.9. The zero-order chi connectivity index (χ0) is 13.9. The topological polar surface area (TPSA) is 54.9 Å². The minimum Gasteiger partial charge on any atom is -0.345 e. The van der Waals surface area contributed by atoms with Crippen molar-refractivity contribution in [3.63, 3.8) is 0 Å². The summed E-state index contributed by atoms with van der Waals surface area (Å²) in [6.07, 6.45) is 3.25. The highest BCUT2D eigenvalue weighted by Gasteiger charge is 2.22. The molecule has 7 heteroatoms. The van der Waals surface area contributed by atoms with E-state index in [1.807, 2.05) is 6.07 Å². The highest BCUT2D eigenvalue weighted by Crippen LogP contribution is 2.21. The SMILES string of the molecule is CC(F)(F)CNC(=O)c1cc(-c2cccnc2)ns1. The predicted octanol–water partition coefficient (Wildman–Crippen LogP) is 2.59. The largest absolute Gasteiger partial charge is 0.345 e. The minimum absolute atomic E-state index is 0.295. The molecule has 0 radical (unpaired) electrons. The number of rotatable bonds is 4. The van der Waals surface area contributed by atoms with Gasteiger partial charge >= 0.3 is 0 Å². The summed E-state index contributed by atoms with van der Waals surface area (Å²) in [6.45, 7) is 0.0625. The molecule has 0 spiro atoms. The Kier molecular flexibility index (Phi) is 3.84. The number of halogens is 2. The number of nitrogens with zero attached hydrogens (tertiary/aromatic N) is 2. The summed E-state index contributed by atoms with van der Waals surface area (Å²) in [5.74, 6) is -3.47. The smallest absolute Gasteiger partial charge is 0.263 e. The van der Waals surface area contributed by atoms with Crippen molar-refractivity contribution in [2.24, 2.45) is 0 Å².